The van der Waals surface area contributed by atoms with E-state index in [4.69, 9.17) is 0 Å². The zero-order valence-electron chi connectivity index (χ0n) is 13.2. The van der Waals surface area contributed by atoms with Crippen molar-refractivity contribution < 1.29 is 9.90 Å². The number of benzene rings is 1. The Kier molecular flexibility index (Phi) is 4.10. The smallest absolute Gasteiger partial charge is 0.306 e. The van der Waals surface area contributed by atoms with Gasteiger partial charge in [-0.1, -0.05) is 31.2 Å². The molecule has 2 aromatic heterocycles. The lowest BCUT2D eigenvalue weighted by Gasteiger charge is -2.14. The number of fused-ring (bicyclic) bond motifs is 1. The topological polar surface area (TPSA) is 68.0 Å². The van der Waals surface area contributed by atoms with Crippen molar-refractivity contribution in [1.82, 2.24) is 14.8 Å². The molecule has 1 atom stereocenters. The largest absolute Gasteiger partial charge is 0.481 e. The summed E-state index contributed by atoms with van der Waals surface area (Å²) in [6.07, 6.45) is 4.70. The number of carboxylic acid groups (broad SMARTS) is 1. The summed E-state index contributed by atoms with van der Waals surface area (Å²) in [6.45, 7) is 1.91. The van der Waals surface area contributed by atoms with Gasteiger partial charge in [0.2, 0.25) is 0 Å². The summed E-state index contributed by atoms with van der Waals surface area (Å²) in [5.74, 6) is -1.12. The summed E-state index contributed by atoms with van der Waals surface area (Å²) >= 11 is 0. The van der Waals surface area contributed by atoms with Crippen molar-refractivity contribution in [1.29, 1.82) is 0 Å². The number of aryl methyl sites for hydroxylation is 1. The lowest BCUT2D eigenvalue weighted by Crippen LogP contribution is -2.15. The maximum Gasteiger partial charge on any atom is 0.306 e. The highest BCUT2D eigenvalue weighted by Crippen LogP contribution is 2.28. The number of rotatable bonds is 5. The third kappa shape index (κ3) is 2.95. The van der Waals surface area contributed by atoms with E-state index in [1.165, 1.54) is 0 Å². The molecule has 0 bridgehead atoms. The van der Waals surface area contributed by atoms with Gasteiger partial charge in [-0.3, -0.25) is 14.5 Å². The number of pyridine rings is 1. The molecule has 3 aromatic rings. The molecular weight excluding hydrogens is 290 g/mol. The van der Waals surface area contributed by atoms with Crippen LogP contribution >= 0.6 is 0 Å². The van der Waals surface area contributed by atoms with Gasteiger partial charge in [0.05, 0.1) is 17.6 Å². The van der Waals surface area contributed by atoms with E-state index in [1.54, 1.807) is 10.9 Å². The molecule has 5 nitrogen and oxygen atoms in total. The van der Waals surface area contributed by atoms with Crippen LogP contribution in [0.25, 0.3) is 22.2 Å². The number of nitrogens with zero attached hydrogens (tertiary/aromatic N) is 3. The van der Waals surface area contributed by atoms with Gasteiger partial charge in [-0.2, -0.15) is 5.10 Å². The van der Waals surface area contributed by atoms with Gasteiger partial charge in [-0.05, 0) is 30.0 Å². The van der Waals surface area contributed by atoms with Crippen LogP contribution in [0, 0.1) is 5.92 Å². The molecule has 1 aromatic carbocycles. The minimum atomic E-state index is -0.748. The van der Waals surface area contributed by atoms with Gasteiger partial charge < -0.3 is 5.11 Å². The molecule has 0 spiro atoms. The molecule has 0 aliphatic carbocycles. The average Bonchev–Trinajstić information content (AvgIpc) is 2.93. The van der Waals surface area contributed by atoms with Crippen LogP contribution in [0.1, 0.15) is 18.9 Å². The summed E-state index contributed by atoms with van der Waals surface area (Å²) in [6, 6.07) is 9.98. The standard InChI is InChI=1S/C18H19N3O2/c1-3-12(18(22)23)8-13-6-4-5-7-15(13)14-9-17-16(19-10-14)11-20-21(17)2/h4-7,9-12H,3,8H2,1-2H3,(H,22,23). The first-order chi connectivity index (χ1) is 11.1. The predicted molar refractivity (Wildman–Crippen MR) is 89.1 cm³/mol. The normalized spacial score (nSPS) is 12.4. The minimum absolute atomic E-state index is 0.371. The second kappa shape index (κ2) is 6.20. The molecule has 1 N–H and O–H groups in total. The first kappa shape index (κ1) is 15.2. The molecule has 0 radical (unpaired) electrons. The van der Waals surface area contributed by atoms with Crippen molar-refractivity contribution >= 4 is 17.0 Å². The number of hydrogen-bond acceptors (Lipinski definition) is 3. The Balaban J connectivity index is 2.04. The third-order valence-corrected chi connectivity index (χ3v) is 4.24. The van der Waals surface area contributed by atoms with E-state index in [0.717, 1.165) is 27.7 Å². The van der Waals surface area contributed by atoms with Gasteiger partial charge in [0.25, 0.3) is 0 Å². The molecule has 2 heterocycles. The molecule has 0 fully saturated rings. The van der Waals surface area contributed by atoms with E-state index in [9.17, 15) is 9.90 Å². The fraction of sp³-hybridized carbons (Fsp3) is 0.278. The molecule has 0 amide bonds. The second-order valence-electron chi connectivity index (χ2n) is 5.70. The van der Waals surface area contributed by atoms with Gasteiger partial charge >= 0.3 is 5.97 Å². The van der Waals surface area contributed by atoms with Crippen molar-refractivity contribution in [3.8, 4) is 11.1 Å². The molecule has 23 heavy (non-hydrogen) atoms. The summed E-state index contributed by atoms with van der Waals surface area (Å²) in [7, 11) is 1.89. The maximum atomic E-state index is 11.3. The molecule has 0 aliphatic heterocycles. The predicted octanol–water partition coefficient (Wildman–Crippen LogP) is 3.29. The van der Waals surface area contributed by atoms with Gasteiger partial charge in [-0.15, -0.1) is 0 Å². The molecule has 3 rings (SSSR count). The third-order valence-electron chi connectivity index (χ3n) is 4.24. The second-order valence-corrected chi connectivity index (χ2v) is 5.70. The van der Waals surface area contributed by atoms with E-state index >= 15 is 0 Å². The molecular formula is C18H19N3O2. The van der Waals surface area contributed by atoms with Crippen LogP contribution in [0.5, 0.6) is 0 Å². The van der Waals surface area contributed by atoms with Crippen molar-refractivity contribution in [2.45, 2.75) is 19.8 Å². The maximum absolute atomic E-state index is 11.3. The Bertz CT molecular complexity index is 854. The summed E-state index contributed by atoms with van der Waals surface area (Å²) in [4.78, 5) is 15.8. The molecule has 118 valence electrons. The first-order valence-electron chi connectivity index (χ1n) is 7.69. The Morgan fingerprint density at radius 3 is 2.83 bits per heavy atom. The van der Waals surface area contributed by atoms with Crippen LogP contribution in [0.15, 0.2) is 42.7 Å². The Labute approximate surface area is 134 Å². The van der Waals surface area contributed by atoms with Crippen molar-refractivity contribution in [2.24, 2.45) is 13.0 Å². The first-order valence-corrected chi connectivity index (χ1v) is 7.69. The van der Waals surface area contributed by atoms with E-state index < -0.39 is 5.97 Å². The monoisotopic (exact) mass is 309 g/mol. The lowest BCUT2D eigenvalue weighted by molar-refractivity contribution is -0.141. The molecule has 0 saturated heterocycles. The quantitative estimate of drug-likeness (QED) is 0.785. The summed E-state index contributed by atoms with van der Waals surface area (Å²) < 4.78 is 1.79. The Morgan fingerprint density at radius 1 is 1.30 bits per heavy atom. The van der Waals surface area contributed by atoms with Gasteiger partial charge in [0.15, 0.2) is 0 Å². The van der Waals surface area contributed by atoms with Crippen LogP contribution < -0.4 is 0 Å². The summed E-state index contributed by atoms with van der Waals surface area (Å²) in [5.41, 5.74) is 4.86. The van der Waals surface area contributed by atoms with E-state index in [0.29, 0.717) is 12.8 Å². The highest BCUT2D eigenvalue weighted by molar-refractivity contribution is 5.81. The van der Waals surface area contributed by atoms with E-state index in [-0.39, 0.29) is 5.92 Å². The van der Waals surface area contributed by atoms with Crippen molar-refractivity contribution in [2.75, 3.05) is 0 Å². The number of hydrogen-bond donors (Lipinski definition) is 1. The van der Waals surface area contributed by atoms with Crippen molar-refractivity contribution in [3.63, 3.8) is 0 Å². The number of aliphatic carboxylic acids is 1. The highest BCUT2D eigenvalue weighted by Gasteiger charge is 2.18. The van der Waals surface area contributed by atoms with Crippen LogP contribution in [0.4, 0.5) is 0 Å². The summed E-state index contributed by atoms with van der Waals surface area (Å²) in [5, 5.41) is 13.5. The number of carbonyl (C=O) groups is 1. The fourth-order valence-electron chi connectivity index (χ4n) is 2.82. The highest BCUT2D eigenvalue weighted by atomic mass is 16.4. The zero-order valence-corrected chi connectivity index (χ0v) is 13.2. The van der Waals surface area contributed by atoms with Crippen LogP contribution in [0.2, 0.25) is 0 Å². The van der Waals surface area contributed by atoms with Gasteiger partial charge in [-0.25, -0.2) is 0 Å². The lowest BCUT2D eigenvalue weighted by atomic mass is 9.91. The average molecular weight is 309 g/mol. The van der Waals surface area contributed by atoms with Crippen LogP contribution in [0.3, 0.4) is 0 Å². The zero-order chi connectivity index (χ0) is 16.4. The van der Waals surface area contributed by atoms with Gasteiger partial charge in [0, 0.05) is 18.8 Å². The van der Waals surface area contributed by atoms with Crippen LogP contribution in [-0.4, -0.2) is 25.8 Å². The molecule has 0 aliphatic rings. The molecule has 0 saturated carbocycles. The fourth-order valence-corrected chi connectivity index (χ4v) is 2.82. The van der Waals surface area contributed by atoms with Crippen molar-refractivity contribution in [3.05, 3.63) is 48.3 Å². The Hall–Kier alpha value is -2.69. The van der Waals surface area contributed by atoms with E-state index in [1.807, 2.05) is 44.4 Å². The van der Waals surface area contributed by atoms with E-state index in [2.05, 4.69) is 16.1 Å². The van der Waals surface area contributed by atoms with Gasteiger partial charge in [0.1, 0.15) is 5.52 Å². The SMILES string of the molecule is CCC(Cc1ccccc1-c1cnc2cnn(C)c2c1)C(=O)O. The molecule has 5 heteroatoms. The minimum Gasteiger partial charge on any atom is -0.481 e. The Morgan fingerprint density at radius 2 is 2.09 bits per heavy atom. The van der Waals surface area contributed by atoms with Crippen LogP contribution in [-0.2, 0) is 18.3 Å². The molecule has 1 unspecified atom stereocenters. The number of carboxylic acids is 1. The number of aromatic nitrogens is 3.